The number of anilines is 1. The Bertz CT molecular complexity index is 980. The highest BCUT2D eigenvalue weighted by Crippen LogP contribution is 2.55. The third kappa shape index (κ3) is 3.67. The highest BCUT2D eigenvalue weighted by molar-refractivity contribution is 5.85. The zero-order valence-corrected chi connectivity index (χ0v) is 15.7. The van der Waals surface area contributed by atoms with Gasteiger partial charge >= 0.3 is 5.92 Å². The predicted molar refractivity (Wildman–Crippen MR) is 98.2 cm³/mol. The first-order valence-electron chi connectivity index (χ1n) is 9.36. The summed E-state index contributed by atoms with van der Waals surface area (Å²) in [6.45, 7) is 0.723. The number of nitriles is 1. The second kappa shape index (κ2) is 7.23. The van der Waals surface area contributed by atoms with Gasteiger partial charge in [0.1, 0.15) is 6.07 Å². The number of piperazine rings is 1. The van der Waals surface area contributed by atoms with Gasteiger partial charge in [-0.1, -0.05) is 24.3 Å². The third-order valence-electron chi connectivity index (χ3n) is 5.43. The predicted octanol–water partition coefficient (Wildman–Crippen LogP) is 2.91. The van der Waals surface area contributed by atoms with E-state index in [0.717, 1.165) is 17.0 Å². The fourth-order valence-electron chi connectivity index (χ4n) is 3.51. The summed E-state index contributed by atoms with van der Waals surface area (Å²) in [5, 5.41) is 16.4. The maximum Gasteiger partial charge on any atom is 0.349 e. The zero-order valence-electron chi connectivity index (χ0n) is 15.7. The average molecular weight is 419 g/mol. The number of hydrogen-bond donors (Lipinski definition) is 0. The molecule has 0 spiro atoms. The van der Waals surface area contributed by atoms with Crippen molar-refractivity contribution in [2.45, 2.75) is 24.2 Å². The van der Waals surface area contributed by atoms with Gasteiger partial charge in [-0.25, -0.2) is 8.78 Å². The molecule has 10 heteroatoms. The highest BCUT2D eigenvalue weighted by atomic mass is 19.3. The van der Waals surface area contributed by atoms with E-state index in [9.17, 15) is 22.4 Å². The van der Waals surface area contributed by atoms with Crippen molar-refractivity contribution in [3.05, 3.63) is 53.2 Å². The second-order valence-corrected chi connectivity index (χ2v) is 7.38. The SMILES string of the molecule is N#Cc1ccc(N2CCN(C(=O)C(F)(F)c3ccc(C4CC4(F)F)cc3)CC2)nn1. The van der Waals surface area contributed by atoms with E-state index in [4.69, 9.17) is 5.26 Å². The lowest BCUT2D eigenvalue weighted by Gasteiger charge is -2.36. The van der Waals surface area contributed by atoms with Crippen LogP contribution in [0.4, 0.5) is 23.4 Å². The van der Waals surface area contributed by atoms with Crippen molar-refractivity contribution in [2.75, 3.05) is 31.1 Å². The van der Waals surface area contributed by atoms with Crippen molar-refractivity contribution in [1.82, 2.24) is 15.1 Å². The molecule has 2 heterocycles. The summed E-state index contributed by atoms with van der Waals surface area (Å²) in [4.78, 5) is 15.3. The van der Waals surface area contributed by atoms with Crippen LogP contribution >= 0.6 is 0 Å². The standard InChI is InChI=1S/C20H17F4N5O/c21-19(22)11-16(19)13-1-3-14(4-2-13)20(23,24)18(30)29-9-7-28(8-10-29)17-6-5-15(12-25)26-27-17/h1-6,16H,7-11H2. The topological polar surface area (TPSA) is 73.1 Å². The Morgan fingerprint density at radius 1 is 1.07 bits per heavy atom. The minimum Gasteiger partial charge on any atom is -0.352 e. The van der Waals surface area contributed by atoms with Gasteiger partial charge in [-0.05, 0) is 17.7 Å². The van der Waals surface area contributed by atoms with Crippen molar-refractivity contribution in [3.63, 3.8) is 0 Å². The van der Waals surface area contributed by atoms with Crippen molar-refractivity contribution in [3.8, 4) is 6.07 Å². The molecule has 0 bridgehead atoms. The first kappa shape index (κ1) is 20.1. The van der Waals surface area contributed by atoms with Crippen LogP contribution in [0.2, 0.25) is 0 Å². The first-order chi connectivity index (χ1) is 14.2. The number of halogens is 4. The lowest BCUT2D eigenvalue weighted by molar-refractivity contribution is -0.159. The summed E-state index contributed by atoms with van der Waals surface area (Å²) in [6, 6.07) is 9.56. The molecule has 0 radical (unpaired) electrons. The van der Waals surface area contributed by atoms with E-state index in [-0.39, 0.29) is 38.3 Å². The van der Waals surface area contributed by atoms with Gasteiger partial charge in [0.05, 0.1) is 5.92 Å². The molecule has 1 atom stereocenters. The van der Waals surface area contributed by atoms with Crippen LogP contribution in [0.25, 0.3) is 0 Å². The van der Waals surface area contributed by atoms with Crippen molar-refractivity contribution < 1.29 is 22.4 Å². The Labute approximate surface area is 169 Å². The Balaban J connectivity index is 1.39. The summed E-state index contributed by atoms with van der Waals surface area (Å²) in [5.41, 5.74) is -0.0478. The highest BCUT2D eigenvalue weighted by Gasteiger charge is 2.57. The molecule has 6 nitrogen and oxygen atoms in total. The lowest BCUT2D eigenvalue weighted by Crippen LogP contribution is -2.52. The van der Waals surface area contributed by atoms with Crippen molar-refractivity contribution >= 4 is 11.7 Å². The third-order valence-corrected chi connectivity index (χ3v) is 5.43. The molecule has 1 amide bonds. The molecule has 156 valence electrons. The Morgan fingerprint density at radius 3 is 2.20 bits per heavy atom. The largest absolute Gasteiger partial charge is 0.352 e. The van der Waals surface area contributed by atoms with Gasteiger partial charge in [-0.2, -0.15) is 14.0 Å². The number of nitrogens with zero attached hydrogens (tertiary/aromatic N) is 5. The quantitative estimate of drug-likeness (QED) is 0.713. The average Bonchev–Trinajstić information content (AvgIpc) is 3.41. The van der Waals surface area contributed by atoms with Gasteiger partial charge in [0.2, 0.25) is 0 Å². The van der Waals surface area contributed by atoms with E-state index in [1.807, 2.05) is 6.07 Å². The summed E-state index contributed by atoms with van der Waals surface area (Å²) in [6.07, 6.45) is -0.282. The minimum absolute atomic E-state index is 0.0719. The fourth-order valence-corrected chi connectivity index (χ4v) is 3.51. The van der Waals surface area contributed by atoms with Crippen molar-refractivity contribution in [2.24, 2.45) is 0 Å². The fraction of sp³-hybridized carbons (Fsp3) is 0.400. The molecule has 1 aliphatic carbocycles. The van der Waals surface area contributed by atoms with Gasteiger partial charge in [-0.3, -0.25) is 4.79 Å². The molecule has 1 unspecified atom stereocenters. The van der Waals surface area contributed by atoms with Gasteiger partial charge in [0.15, 0.2) is 11.5 Å². The summed E-state index contributed by atoms with van der Waals surface area (Å²) in [5.74, 6) is -8.29. The number of hydrogen-bond acceptors (Lipinski definition) is 5. The number of alkyl halides is 4. The molecule has 1 saturated heterocycles. The Morgan fingerprint density at radius 2 is 1.70 bits per heavy atom. The van der Waals surface area contributed by atoms with E-state index in [0.29, 0.717) is 11.4 Å². The number of rotatable bonds is 4. The molecule has 4 rings (SSSR count). The molecule has 2 aromatic rings. The van der Waals surface area contributed by atoms with E-state index in [1.165, 1.54) is 18.2 Å². The molecular formula is C20H17F4N5O. The van der Waals surface area contributed by atoms with Gasteiger partial charge < -0.3 is 9.80 Å². The van der Waals surface area contributed by atoms with Crippen LogP contribution in [-0.4, -0.2) is 53.1 Å². The number of amides is 1. The van der Waals surface area contributed by atoms with Crippen LogP contribution in [0, 0.1) is 11.3 Å². The molecule has 1 aromatic carbocycles. The molecule has 1 saturated carbocycles. The van der Waals surface area contributed by atoms with Crippen LogP contribution in [-0.2, 0) is 10.7 Å². The normalized spacial score (nSPS) is 20.6. The molecular weight excluding hydrogens is 402 g/mol. The van der Waals surface area contributed by atoms with Gasteiger partial charge in [-0.15, -0.1) is 10.2 Å². The zero-order chi connectivity index (χ0) is 21.5. The summed E-state index contributed by atoms with van der Waals surface area (Å²) >= 11 is 0. The van der Waals surface area contributed by atoms with Gasteiger partial charge in [0.25, 0.3) is 11.8 Å². The molecule has 1 aromatic heterocycles. The Kier molecular flexibility index (Phi) is 4.84. The number of carbonyl (C=O) groups excluding carboxylic acids is 1. The maximum atomic E-state index is 14.7. The summed E-state index contributed by atoms with van der Waals surface area (Å²) in [7, 11) is 0. The van der Waals surface area contributed by atoms with Crippen molar-refractivity contribution in [1.29, 1.82) is 5.26 Å². The molecule has 0 N–H and O–H groups in total. The number of benzene rings is 1. The molecule has 1 aliphatic heterocycles. The second-order valence-electron chi connectivity index (χ2n) is 7.38. The maximum absolute atomic E-state index is 14.7. The van der Waals surface area contributed by atoms with E-state index in [2.05, 4.69) is 10.2 Å². The van der Waals surface area contributed by atoms with Crippen LogP contribution in [0.1, 0.15) is 29.2 Å². The molecule has 2 fully saturated rings. The smallest absolute Gasteiger partial charge is 0.349 e. The van der Waals surface area contributed by atoms with Crippen LogP contribution < -0.4 is 4.90 Å². The van der Waals surface area contributed by atoms with E-state index < -0.39 is 29.2 Å². The molecule has 2 aliphatic rings. The Hall–Kier alpha value is -3.22. The molecule has 30 heavy (non-hydrogen) atoms. The van der Waals surface area contributed by atoms with E-state index >= 15 is 0 Å². The van der Waals surface area contributed by atoms with Crippen LogP contribution in [0.5, 0.6) is 0 Å². The van der Waals surface area contributed by atoms with Gasteiger partial charge in [0, 0.05) is 38.2 Å². The van der Waals surface area contributed by atoms with E-state index in [1.54, 1.807) is 11.0 Å². The first-order valence-corrected chi connectivity index (χ1v) is 9.36. The van der Waals surface area contributed by atoms with Crippen LogP contribution in [0.15, 0.2) is 36.4 Å². The lowest BCUT2D eigenvalue weighted by atomic mass is 10.0. The summed E-state index contributed by atoms with van der Waals surface area (Å²) < 4.78 is 55.8. The monoisotopic (exact) mass is 419 g/mol. The minimum atomic E-state index is -3.75. The number of aromatic nitrogens is 2. The van der Waals surface area contributed by atoms with Crippen LogP contribution in [0.3, 0.4) is 0 Å². The number of carbonyl (C=O) groups is 1.